The Morgan fingerprint density at radius 3 is 2.69 bits per heavy atom. The summed E-state index contributed by atoms with van der Waals surface area (Å²) in [5.41, 5.74) is 6.04. The molecule has 13 heavy (non-hydrogen) atoms. The van der Waals surface area contributed by atoms with Crippen molar-refractivity contribution in [1.82, 2.24) is 4.98 Å². The Kier molecular flexibility index (Phi) is 2.69. The summed E-state index contributed by atoms with van der Waals surface area (Å²) in [6, 6.07) is 2.16. The monoisotopic (exact) mass is 195 g/mol. The number of hydrogen-bond donors (Lipinski definition) is 1. The Hall–Kier alpha value is -0.920. The molecule has 0 spiro atoms. The minimum Gasteiger partial charge on any atom is -0.323 e. The van der Waals surface area contributed by atoms with Crippen LogP contribution in [0.15, 0.2) is 5.38 Å². The van der Waals surface area contributed by atoms with Gasteiger partial charge in [-0.3, -0.25) is 0 Å². The average molecular weight is 195 g/mol. The van der Waals surface area contributed by atoms with E-state index < -0.39 is 5.41 Å². The van der Waals surface area contributed by atoms with E-state index in [4.69, 9.17) is 11.0 Å². The molecule has 2 N–H and O–H groups in total. The summed E-state index contributed by atoms with van der Waals surface area (Å²) in [4.78, 5) is 4.32. The maximum atomic E-state index is 8.88. The molecule has 0 fully saturated rings. The zero-order chi connectivity index (χ0) is 10.1. The summed E-state index contributed by atoms with van der Waals surface area (Å²) >= 11 is 1.50. The van der Waals surface area contributed by atoms with Gasteiger partial charge in [-0.1, -0.05) is 0 Å². The highest BCUT2D eigenvalue weighted by Gasteiger charge is 2.24. The molecule has 1 aromatic heterocycles. The third-order valence-corrected chi connectivity index (χ3v) is 2.99. The van der Waals surface area contributed by atoms with Gasteiger partial charge < -0.3 is 5.73 Å². The van der Waals surface area contributed by atoms with Crippen LogP contribution in [0.25, 0.3) is 0 Å². The Labute approximate surface area is 82.2 Å². The topological polar surface area (TPSA) is 62.7 Å². The quantitative estimate of drug-likeness (QED) is 0.784. The van der Waals surface area contributed by atoms with Crippen molar-refractivity contribution in [3.63, 3.8) is 0 Å². The van der Waals surface area contributed by atoms with E-state index >= 15 is 0 Å². The molecule has 0 aliphatic heterocycles. The molecule has 3 nitrogen and oxygen atoms in total. The van der Waals surface area contributed by atoms with Crippen molar-refractivity contribution in [2.45, 2.75) is 32.2 Å². The highest BCUT2D eigenvalue weighted by molar-refractivity contribution is 7.09. The van der Waals surface area contributed by atoms with Crippen LogP contribution in [0.2, 0.25) is 0 Å². The summed E-state index contributed by atoms with van der Waals surface area (Å²) in [7, 11) is 0. The maximum Gasteiger partial charge on any atom is 0.113 e. The van der Waals surface area contributed by atoms with Crippen molar-refractivity contribution in [2.75, 3.05) is 0 Å². The fourth-order valence-electron chi connectivity index (χ4n) is 0.830. The smallest absolute Gasteiger partial charge is 0.113 e. The molecule has 0 aliphatic rings. The second kappa shape index (κ2) is 3.44. The van der Waals surface area contributed by atoms with Gasteiger partial charge in [-0.05, 0) is 20.8 Å². The van der Waals surface area contributed by atoms with Gasteiger partial charge in [0.1, 0.15) is 10.4 Å². The van der Waals surface area contributed by atoms with Crippen LogP contribution in [0, 0.1) is 11.3 Å². The number of nitrogens with zero attached hydrogens (tertiary/aromatic N) is 2. The Balaban J connectivity index is 3.00. The van der Waals surface area contributed by atoms with Crippen LogP contribution in [0.5, 0.6) is 0 Å². The highest BCUT2D eigenvalue weighted by Crippen LogP contribution is 2.26. The summed E-state index contributed by atoms with van der Waals surface area (Å²) < 4.78 is 0. The Morgan fingerprint density at radius 2 is 2.31 bits per heavy atom. The maximum absolute atomic E-state index is 8.88. The van der Waals surface area contributed by atoms with Gasteiger partial charge in [0.2, 0.25) is 0 Å². The first kappa shape index (κ1) is 10.2. The largest absolute Gasteiger partial charge is 0.323 e. The molecule has 1 heterocycles. The first-order chi connectivity index (χ1) is 5.97. The second-order valence-corrected chi connectivity index (χ2v) is 4.46. The van der Waals surface area contributed by atoms with E-state index in [1.165, 1.54) is 11.3 Å². The lowest BCUT2D eigenvalue weighted by Gasteiger charge is -2.10. The molecular formula is C9H13N3S. The first-order valence-corrected chi connectivity index (χ1v) is 4.98. The minimum absolute atomic E-state index is 0.0560. The zero-order valence-corrected chi connectivity index (χ0v) is 8.85. The minimum atomic E-state index is -0.502. The molecule has 1 atom stereocenters. The van der Waals surface area contributed by atoms with Crippen LogP contribution in [-0.4, -0.2) is 4.98 Å². The van der Waals surface area contributed by atoms with Gasteiger partial charge in [0, 0.05) is 11.4 Å². The second-order valence-electron chi connectivity index (χ2n) is 3.60. The molecule has 1 aromatic rings. The zero-order valence-electron chi connectivity index (χ0n) is 8.03. The van der Waals surface area contributed by atoms with Crippen LogP contribution in [-0.2, 0) is 5.41 Å². The standard InChI is InChI=1S/C9H13N3S/c1-6(11)7-4-13-8(12-7)9(2,3)5-10/h4,6H,11H2,1-3H3. The molecule has 70 valence electrons. The lowest BCUT2D eigenvalue weighted by Crippen LogP contribution is -2.14. The summed E-state index contributed by atoms with van der Waals surface area (Å²) in [5.74, 6) is 0. The SMILES string of the molecule is CC(N)c1csc(C(C)(C)C#N)n1. The number of aromatic nitrogens is 1. The molecule has 0 saturated heterocycles. The summed E-state index contributed by atoms with van der Waals surface area (Å²) in [5, 5.41) is 11.6. The fourth-order valence-corrected chi connectivity index (χ4v) is 1.83. The number of rotatable bonds is 2. The van der Waals surface area contributed by atoms with E-state index in [2.05, 4.69) is 11.1 Å². The molecule has 0 radical (unpaired) electrons. The van der Waals surface area contributed by atoms with E-state index in [9.17, 15) is 0 Å². The van der Waals surface area contributed by atoms with Gasteiger partial charge in [-0.15, -0.1) is 11.3 Å². The van der Waals surface area contributed by atoms with Gasteiger partial charge in [0.25, 0.3) is 0 Å². The number of nitrogens with two attached hydrogens (primary N) is 1. The molecule has 0 amide bonds. The number of hydrogen-bond acceptors (Lipinski definition) is 4. The molecule has 0 aromatic carbocycles. The molecule has 4 heteroatoms. The molecule has 0 aliphatic carbocycles. The van der Waals surface area contributed by atoms with E-state index in [-0.39, 0.29) is 6.04 Å². The third kappa shape index (κ3) is 2.06. The first-order valence-electron chi connectivity index (χ1n) is 4.10. The van der Waals surface area contributed by atoms with E-state index in [1.54, 1.807) is 0 Å². The van der Waals surface area contributed by atoms with Crippen molar-refractivity contribution in [3.8, 4) is 6.07 Å². The van der Waals surface area contributed by atoms with Crippen molar-refractivity contribution >= 4 is 11.3 Å². The predicted octanol–water partition coefficient (Wildman–Crippen LogP) is 1.96. The third-order valence-electron chi connectivity index (χ3n) is 1.80. The fraction of sp³-hybridized carbons (Fsp3) is 0.556. The van der Waals surface area contributed by atoms with Gasteiger partial charge in [-0.25, -0.2) is 4.98 Å². The average Bonchev–Trinajstić information content (AvgIpc) is 2.52. The number of nitriles is 1. The van der Waals surface area contributed by atoms with Crippen LogP contribution in [0.3, 0.4) is 0 Å². The molecule has 1 unspecified atom stereocenters. The predicted molar refractivity (Wildman–Crippen MR) is 53.4 cm³/mol. The lowest BCUT2D eigenvalue weighted by molar-refractivity contribution is 0.667. The van der Waals surface area contributed by atoms with Crippen LogP contribution in [0.4, 0.5) is 0 Å². The lowest BCUT2D eigenvalue weighted by atomic mass is 9.97. The van der Waals surface area contributed by atoms with Crippen molar-refractivity contribution in [1.29, 1.82) is 5.26 Å². The van der Waals surface area contributed by atoms with Crippen LogP contribution < -0.4 is 5.73 Å². The van der Waals surface area contributed by atoms with Gasteiger partial charge in [-0.2, -0.15) is 5.26 Å². The molecule has 0 saturated carbocycles. The van der Waals surface area contributed by atoms with Gasteiger partial charge >= 0.3 is 0 Å². The van der Waals surface area contributed by atoms with Crippen molar-refractivity contribution in [2.24, 2.45) is 5.73 Å². The van der Waals surface area contributed by atoms with Gasteiger partial charge in [0.05, 0.1) is 11.8 Å². The summed E-state index contributed by atoms with van der Waals surface area (Å²) in [6.07, 6.45) is 0. The molecule has 0 bridgehead atoms. The van der Waals surface area contributed by atoms with E-state index in [1.807, 2.05) is 26.2 Å². The highest BCUT2D eigenvalue weighted by atomic mass is 32.1. The van der Waals surface area contributed by atoms with E-state index in [0.29, 0.717) is 0 Å². The van der Waals surface area contributed by atoms with E-state index in [0.717, 1.165) is 10.7 Å². The van der Waals surface area contributed by atoms with Crippen molar-refractivity contribution < 1.29 is 0 Å². The Morgan fingerprint density at radius 1 is 1.69 bits per heavy atom. The Bertz CT molecular complexity index is 333. The van der Waals surface area contributed by atoms with Crippen LogP contribution >= 0.6 is 11.3 Å². The van der Waals surface area contributed by atoms with Gasteiger partial charge in [0.15, 0.2) is 0 Å². The number of thiazole rings is 1. The van der Waals surface area contributed by atoms with Crippen LogP contribution in [0.1, 0.15) is 37.5 Å². The molecular weight excluding hydrogens is 182 g/mol. The summed E-state index contributed by atoms with van der Waals surface area (Å²) in [6.45, 7) is 5.60. The van der Waals surface area contributed by atoms with Crippen molar-refractivity contribution in [3.05, 3.63) is 16.1 Å². The normalized spacial score (nSPS) is 13.8. The molecule has 1 rings (SSSR count).